The number of carbonyl (C=O) groups excluding carboxylic acids is 1. The van der Waals surface area contributed by atoms with Crippen molar-refractivity contribution in [2.24, 2.45) is 17.2 Å². The van der Waals surface area contributed by atoms with Gasteiger partial charge in [0, 0.05) is 75.9 Å². The summed E-state index contributed by atoms with van der Waals surface area (Å²) in [6, 6.07) is 56.9. The summed E-state index contributed by atoms with van der Waals surface area (Å²) in [5.41, 5.74) is 30.1. The molecule has 0 amide bonds. The van der Waals surface area contributed by atoms with Crippen molar-refractivity contribution in [3.05, 3.63) is 262 Å². The quantitative estimate of drug-likeness (QED) is 0.00614. The van der Waals surface area contributed by atoms with Crippen molar-refractivity contribution in [2.75, 3.05) is 0 Å². The zero-order valence-electron chi connectivity index (χ0n) is 87.0. The molecule has 5 aliphatic heterocycles. The molecule has 0 aliphatic carbocycles. The van der Waals surface area contributed by atoms with Crippen LogP contribution in [0.2, 0.25) is 0 Å². The van der Waals surface area contributed by atoms with Crippen LogP contribution in [0.15, 0.2) is 204 Å². The maximum absolute atomic E-state index is 10.7. The third kappa shape index (κ3) is 79.1. The number of benzene rings is 9. The summed E-state index contributed by atoms with van der Waals surface area (Å²) in [5.74, 6) is 13.7. The van der Waals surface area contributed by atoms with Crippen LogP contribution in [0.25, 0.3) is 0 Å². The molecule has 144 heavy (non-hydrogen) atoms. The number of para-hydroxylation sites is 4. The van der Waals surface area contributed by atoms with E-state index >= 15 is 0 Å². The van der Waals surface area contributed by atoms with Crippen molar-refractivity contribution in [3.63, 3.8) is 0 Å². The second-order valence-corrected chi connectivity index (χ2v) is 44.5. The molecule has 780 valence electrons. The van der Waals surface area contributed by atoms with Gasteiger partial charge in [0.15, 0.2) is 49.9 Å². The molecule has 5 aliphatic rings. The number of fused-ring (bicyclic) bond motifs is 5. The summed E-state index contributed by atoms with van der Waals surface area (Å²) in [4.78, 5) is 11.7. The first-order valence-corrected chi connectivity index (χ1v) is 50.4. The van der Waals surface area contributed by atoms with Gasteiger partial charge in [0.1, 0.15) is 34.1 Å². The predicted molar refractivity (Wildman–Crippen MR) is 578 cm³/mol. The molecule has 9 aromatic rings. The van der Waals surface area contributed by atoms with Gasteiger partial charge in [-0.2, -0.15) is 27.8 Å². The molecule has 0 aromatic heterocycles. The summed E-state index contributed by atoms with van der Waals surface area (Å²) in [5, 5.41) is 25.8. The van der Waals surface area contributed by atoms with Crippen LogP contribution in [0.1, 0.15) is 216 Å². The molecular weight excluding hydrogens is 2320 g/mol. The summed E-state index contributed by atoms with van der Waals surface area (Å²) in [7, 11) is -7.29. The van der Waals surface area contributed by atoms with Gasteiger partial charge in [-0.1, -0.05) is 165 Å². The van der Waals surface area contributed by atoms with Crippen LogP contribution in [0.5, 0.6) is 51.7 Å². The Morgan fingerprint density at radius 1 is 0.549 bits per heavy atom. The Morgan fingerprint density at radius 3 is 1.18 bits per heavy atom. The number of hydrogen-bond acceptors (Lipinski definition) is 25. The van der Waals surface area contributed by atoms with Crippen LogP contribution >= 0.6 is 90.7 Å². The zero-order chi connectivity index (χ0) is 104. The zero-order valence-corrected chi connectivity index (χ0v) is 109. The van der Waals surface area contributed by atoms with E-state index < -0.39 is 68.5 Å². The van der Waals surface area contributed by atoms with Crippen molar-refractivity contribution in [1.29, 1.82) is 0 Å². The fourth-order valence-corrected chi connectivity index (χ4v) is 12.9. The number of aryl methyl sites for hydroxylation is 7. The molecule has 1 atom stereocenters. The second-order valence-electron chi connectivity index (χ2n) is 35.3. The number of terminal acetylenes is 1. The van der Waals surface area contributed by atoms with Gasteiger partial charge < -0.3 is 95.1 Å². The van der Waals surface area contributed by atoms with Gasteiger partial charge >= 0.3 is 201 Å². The summed E-state index contributed by atoms with van der Waals surface area (Å²) < 4.78 is 141. The number of halogens is 6. The number of ether oxygens (including phenoxy) is 7. The van der Waals surface area contributed by atoms with Gasteiger partial charge in [0.2, 0.25) is 11.6 Å². The molecule has 0 bridgehead atoms. The van der Waals surface area contributed by atoms with Gasteiger partial charge in [0.05, 0.1) is 20.9 Å². The molecule has 0 fully saturated rings. The Labute approximate surface area is 1060 Å². The fraction of sp³-hybridized carbons (Fsp3) is 0.402. The molecule has 0 radical (unpaired) electrons. The van der Waals surface area contributed by atoms with E-state index in [1.54, 1.807) is 51.1 Å². The number of alkyl halides is 3. The first-order chi connectivity index (χ1) is 61.6. The molecule has 1 unspecified atom stereocenters. The number of hydrogen-bond donors (Lipinski definition) is 8. The van der Waals surface area contributed by atoms with Gasteiger partial charge in [-0.05, 0) is 349 Å². The van der Waals surface area contributed by atoms with Gasteiger partial charge in [-0.15, -0.1) is 13.0 Å². The Bertz CT molecular complexity index is 5590. The van der Waals surface area contributed by atoms with E-state index in [0.29, 0.717) is 4.90 Å². The van der Waals surface area contributed by atoms with E-state index in [1.807, 2.05) is 137 Å². The van der Waals surface area contributed by atoms with Crippen LogP contribution in [0.4, 0.5) is 0 Å². The Kier molecular flexibility index (Phi) is 87.1. The molecule has 9 aromatic carbocycles. The standard InChI is InChI=1S/C15H23NO.C15H19NO.C10H11IO.C9H9IO2.C9H10O2.C8H10O3S.C8H10O2S.C8H10.C6H6O2.C5H9N.C4H8.CHCl3.CH2O3.3CH4.ClHO3S.2K.3Na.O3S.H2O.H/c2*1-14(2,16)8-7-11-5-6-12-10-15(3,4)17-13(12)9-11;1-10(2)6-7-3-4-8(11)5-9(7)12-10;1-9(2)11-7-4-3-6(10)5-8(7)12-9;1-9(2)10-7-5-3-4-6-8(7)11-9;1-6-3-4-8(5-7(6)2)12(9,10)11;1-6-3-4-8(11(9)10)5-7(6)2;1-7-5-3-4-6-8(7)2;7-5-3-1-2-4-6(5)8;1-4-5(2,3)6;1-4(2)3;2-1(3)4;2-1-4-3;;;;1-5(2,3)4;;;;;;1-4(2)3;;/h5-6,9H,7-8,10,16H2,1-4H3;5-6,9H,10,16H2,1-4H3;3-5H,6H2,1-2H3;3-5H,1-2H3;3-6H,1-2H3;3-5H,1-2H3,(H,9,10,11);3-5H,1-2H3,(H,9,10);3-6H,1-2H3;1-4,7-8H;1H,6H2,2-3H3;1H2,2-3H3;1H;1,3H;3*1H4;(H,2,3,4);;;;;;;1H2;/q;;;;;;;;;;;;;;;;;5*+1;-2;;-1/p-2. The van der Waals surface area contributed by atoms with Gasteiger partial charge in [-0.3, -0.25) is 13.9 Å². The van der Waals surface area contributed by atoms with Crippen LogP contribution in [0.3, 0.4) is 0 Å². The molecule has 12 N–H and O–H groups in total. The molecule has 42 heteroatoms. The number of allylic oxidation sites excluding steroid dienone is 1. The van der Waals surface area contributed by atoms with Crippen molar-refractivity contribution in [3.8, 4) is 75.9 Å². The minimum absolute atomic E-state index is 0. The van der Waals surface area contributed by atoms with Crippen molar-refractivity contribution >= 4 is 139 Å². The largest absolute Gasteiger partial charge is 1.00 e. The number of aromatic hydroxyl groups is 2. The van der Waals surface area contributed by atoms with E-state index in [0.717, 1.165) is 104 Å². The first kappa shape index (κ1) is 162. The molecular formula is C102H142Cl4I2K2N3Na3O24S4. The predicted octanol–water partition coefficient (Wildman–Crippen LogP) is 9.07. The molecule has 27 nitrogen and oxygen atoms in total. The third-order valence-electron chi connectivity index (χ3n) is 17.2. The van der Waals surface area contributed by atoms with E-state index in [1.165, 1.54) is 66.8 Å². The van der Waals surface area contributed by atoms with E-state index in [2.05, 4.69) is 221 Å². The topological polar surface area (TPSA) is 466 Å². The second kappa shape index (κ2) is 77.4. The molecule has 5 heterocycles. The summed E-state index contributed by atoms with van der Waals surface area (Å²) >= 11 is 17.1. The number of carbonyl (C=O) groups is 1. The van der Waals surface area contributed by atoms with Crippen molar-refractivity contribution in [1.82, 2.24) is 0 Å². The fourth-order valence-electron chi connectivity index (χ4n) is 10.9. The van der Waals surface area contributed by atoms with Crippen molar-refractivity contribution < 1.29 is 304 Å². The van der Waals surface area contributed by atoms with Crippen LogP contribution < -0.4 is 247 Å². The van der Waals surface area contributed by atoms with E-state index in [-0.39, 0.29) is 266 Å². The Hall–Kier alpha value is -1.96. The van der Waals surface area contributed by atoms with Crippen molar-refractivity contribution in [2.45, 2.75) is 280 Å². The van der Waals surface area contributed by atoms with Gasteiger partial charge in [0.25, 0.3) is 16.6 Å². The minimum atomic E-state index is -4.19. The van der Waals surface area contributed by atoms with Crippen LogP contribution in [-0.2, 0) is 85.3 Å². The SMILES string of the molecule is C.C.C.C#CC(C)(C)N.C=C(C)C.CC(C)(N)C#Cc1ccc2c(c1)OC(C)(C)C2.CC(C)(N)CCc1ccc2c(c1)OC(C)(C)C2.CC1(C)Cc2ccc(I)cc2O1.CC1(C)Oc2ccc(I)cc2O1.CC1(C)Oc2ccccc2O1.Cc1ccc(S(=O)(=O)O)cc1C.Cc1ccc(S(=O)O)cc1C.Cc1ccccc1C.ClC(Cl)Cl.O=CO[O-].O=S(=O)(O)Cl.O=[S-](=O)[O-].Oc1ccccc1O.[H-].[K+].[K+].[Na+].[Na+].[Na+].[OH-]. The maximum atomic E-state index is 10.7. The minimum Gasteiger partial charge on any atom is -1.00 e. The normalized spacial score (nSPS) is 13.1. The summed E-state index contributed by atoms with van der Waals surface area (Å²) in [6.45, 7) is 50.9. The number of nitrogens with two attached hydrogens (primary N) is 3. The average molecular weight is 2470 g/mol. The molecule has 0 saturated heterocycles. The summed E-state index contributed by atoms with van der Waals surface area (Å²) in [6.07, 6.45) is 9.93. The smallest absolute Gasteiger partial charge is 1.00 e. The van der Waals surface area contributed by atoms with Gasteiger partial charge in [-0.25, -0.2) is 4.21 Å². The number of phenols is 2. The first-order valence-electron chi connectivity index (χ1n) is 41.2. The molecule has 0 saturated carbocycles. The van der Waals surface area contributed by atoms with E-state index in [9.17, 15) is 12.6 Å². The number of phenolic OH excluding ortho intramolecular Hbond substituents is 2. The van der Waals surface area contributed by atoms with Crippen LogP contribution in [-0.4, -0.2) is 111 Å². The monoisotopic (exact) mass is 2460 g/mol. The molecule has 0 spiro atoms. The maximum Gasteiger partial charge on any atom is 1.00 e. The van der Waals surface area contributed by atoms with E-state index in [4.69, 9.17) is 147 Å². The number of rotatable bonds is 6. The average Bonchev–Trinajstić information content (AvgIpc) is 1.69. The van der Waals surface area contributed by atoms with Crippen LogP contribution in [0, 0.1) is 72.9 Å². The Morgan fingerprint density at radius 2 is 0.854 bits per heavy atom. The Balaban J connectivity index is -0.000000150. The third-order valence-corrected chi connectivity index (χ3v) is 20.0. The molecule has 14 rings (SSSR count).